The SMILES string of the molecule is CCCCCCCCCCCCOCCOCCOCCOCCOCCOCCOCCOCCOCCOCCOCC(=O)[O-].[Na+]. The van der Waals surface area contributed by atoms with Gasteiger partial charge >= 0.3 is 29.6 Å². The van der Waals surface area contributed by atoms with Gasteiger partial charge in [0.25, 0.3) is 0 Å². The van der Waals surface area contributed by atoms with E-state index in [9.17, 15) is 9.90 Å². The third-order valence-corrected chi connectivity index (χ3v) is 6.58. The largest absolute Gasteiger partial charge is 1.00 e. The number of carbonyl (C=O) groups is 1. The van der Waals surface area contributed by atoms with Crippen LogP contribution in [0.4, 0.5) is 0 Å². The van der Waals surface area contributed by atoms with Crippen LogP contribution in [0.5, 0.6) is 0 Å². The average molecular weight is 707 g/mol. The molecule has 0 bridgehead atoms. The zero-order valence-corrected chi connectivity index (χ0v) is 32.4. The van der Waals surface area contributed by atoms with Crippen LogP contribution in [0.2, 0.25) is 0 Å². The topological polar surface area (TPSA) is 142 Å². The summed E-state index contributed by atoms with van der Waals surface area (Å²) in [7, 11) is 0. The summed E-state index contributed by atoms with van der Waals surface area (Å²) < 4.78 is 59.4. The Kier molecular flexibility index (Phi) is 49.1. The van der Waals surface area contributed by atoms with Crippen LogP contribution in [0.3, 0.4) is 0 Å². The Labute approximate surface area is 312 Å². The van der Waals surface area contributed by atoms with Crippen molar-refractivity contribution < 1.29 is 91.6 Å². The summed E-state index contributed by atoms with van der Waals surface area (Å²) in [4.78, 5) is 10.2. The van der Waals surface area contributed by atoms with Crippen LogP contribution >= 0.6 is 0 Å². The third-order valence-electron chi connectivity index (χ3n) is 6.58. The molecule has 0 saturated carbocycles. The van der Waals surface area contributed by atoms with Gasteiger partial charge in [0.1, 0.15) is 0 Å². The zero-order valence-electron chi connectivity index (χ0n) is 30.4. The van der Waals surface area contributed by atoms with Crippen LogP contribution in [-0.4, -0.2) is 151 Å². The van der Waals surface area contributed by atoms with Gasteiger partial charge in [-0.25, -0.2) is 0 Å². The molecule has 0 heterocycles. The Morgan fingerprint density at radius 3 is 0.792 bits per heavy atom. The molecule has 0 atom stereocenters. The number of carboxylic acid groups (broad SMARTS) is 1. The molecule has 0 aromatic rings. The molecule has 0 aromatic carbocycles. The number of carbonyl (C=O) groups excluding carboxylic acids is 1. The van der Waals surface area contributed by atoms with Crippen LogP contribution in [0.15, 0.2) is 0 Å². The van der Waals surface area contributed by atoms with E-state index in [1.165, 1.54) is 57.8 Å². The van der Waals surface area contributed by atoms with Crippen LogP contribution in [0.25, 0.3) is 0 Å². The van der Waals surface area contributed by atoms with Crippen molar-refractivity contribution in [2.24, 2.45) is 0 Å². The van der Waals surface area contributed by atoms with Gasteiger partial charge in [-0.1, -0.05) is 64.7 Å². The van der Waals surface area contributed by atoms with Gasteiger partial charge in [0.15, 0.2) is 0 Å². The molecule has 0 radical (unpaired) electrons. The van der Waals surface area contributed by atoms with E-state index >= 15 is 0 Å². The van der Waals surface area contributed by atoms with Gasteiger partial charge in [-0.05, 0) is 6.42 Å². The van der Waals surface area contributed by atoms with Crippen molar-refractivity contribution in [1.29, 1.82) is 0 Å². The molecule has 0 N–H and O–H groups in total. The summed E-state index contributed by atoms with van der Waals surface area (Å²) in [5.74, 6) is -1.24. The molecule has 13 nitrogen and oxygen atoms in total. The van der Waals surface area contributed by atoms with Crippen molar-refractivity contribution >= 4 is 5.97 Å². The summed E-state index contributed by atoms with van der Waals surface area (Å²) in [5, 5.41) is 10.2. The second-order valence-corrected chi connectivity index (χ2v) is 10.7. The molecular weight excluding hydrogens is 639 g/mol. The fourth-order valence-electron chi connectivity index (χ4n) is 4.05. The van der Waals surface area contributed by atoms with E-state index in [1.807, 2.05) is 0 Å². The Morgan fingerprint density at radius 1 is 0.333 bits per heavy atom. The molecule has 0 aliphatic heterocycles. The number of hydrogen-bond donors (Lipinski definition) is 0. The second kappa shape index (κ2) is 47.0. The maximum absolute atomic E-state index is 10.2. The van der Waals surface area contributed by atoms with Crippen molar-refractivity contribution in [1.82, 2.24) is 0 Å². The molecule has 0 aliphatic rings. The summed E-state index contributed by atoms with van der Waals surface area (Å²) in [5.41, 5.74) is 0. The minimum atomic E-state index is -1.24. The smallest absolute Gasteiger partial charge is 0.548 e. The quantitative estimate of drug-likeness (QED) is 0.0614. The van der Waals surface area contributed by atoms with Gasteiger partial charge in [0, 0.05) is 6.61 Å². The van der Waals surface area contributed by atoms with Crippen LogP contribution in [-0.2, 0) is 56.9 Å². The van der Waals surface area contributed by atoms with E-state index in [0.29, 0.717) is 126 Å². The molecule has 0 fully saturated rings. The predicted molar refractivity (Wildman–Crippen MR) is 176 cm³/mol. The van der Waals surface area contributed by atoms with E-state index in [2.05, 4.69) is 6.92 Å². The molecule has 0 aromatic heterocycles. The third kappa shape index (κ3) is 48.1. The Bertz CT molecular complexity index is 593. The summed E-state index contributed by atoms with van der Waals surface area (Å²) >= 11 is 0. The Hall–Kier alpha value is 0.0300. The van der Waals surface area contributed by atoms with E-state index < -0.39 is 12.6 Å². The Balaban J connectivity index is 0. The standard InChI is InChI=1S/C34H68O13.Na/c1-2-3-4-5-6-7-8-9-10-11-12-37-13-14-38-15-16-39-17-18-40-19-20-41-21-22-42-23-24-43-25-26-44-27-28-45-29-30-46-31-32-47-33-34(35)36;/h2-33H2,1H3,(H,35,36);/q;+1/p-1. The number of aliphatic carboxylic acids is 1. The maximum Gasteiger partial charge on any atom is 1.00 e. The predicted octanol–water partition coefficient (Wildman–Crippen LogP) is -0.156. The van der Waals surface area contributed by atoms with E-state index in [0.717, 1.165) is 13.0 Å². The first-order chi connectivity index (χ1) is 23.3. The van der Waals surface area contributed by atoms with Crippen molar-refractivity contribution in [3.8, 4) is 0 Å². The molecule has 0 spiro atoms. The average Bonchev–Trinajstić information content (AvgIpc) is 3.07. The van der Waals surface area contributed by atoms with E-state index in [4.69, 9.17) is 52.1 Å². The molecule has 0 saturated heterocycles. The monoisotopic (exact) mass is 706 g/mol. The van der Waals surface area contributed by atoms with Gasteiger partial charge in [0.05, 0.1) is 145 Å². The van der Waals surface area contributed by atoms with Crippen molar-refractivity contribution in [3.05, 3.63) is 0 Å². The van der Waals surface area contributed by atoms with Gasteiger partial charge in [0.2, 0.25) is 0 Å². The molecule has 282 valence electrons. The molecule has 0 amide bonds. The van der Waals surface area contributed by atoms with Crippen molar-refractivity contribution in [2.45, 2.75) is 71.1 Å². The molecular formula is C34H67NaO13. The van der Waals surface area contributed by atoms with E-state index in [-0.39, 0.29) is 36.2 Å². The first kappa shape index (κ1) is 50.1. The van der Waals surface area contributed by atoms with Gasteiger partial charge in [-0.3, -0.25) is 0 Å². The van der Waals surface area contributed by atoms with Crippen LogP contribution < -0.4 is 34.7 Å². The fraction of sp³-hybridized carbons (Fsp3) is 0.971. The number of ether oxygens (including phenoxy) is 11. The molecule has 14 heteroatoms. The second-order valence-electron chi connectivity index (χ2n) is 10.7. The zero-order chi connectivity index (χ0) is 34.0. The van der Waals surface area contributed by atoms with Crippen LogP contribution in [0.1, 0.15) is 71.1 Å². The molecule has 0 rings (SSSR count). The van der Waals surface area contributed by atoms with E-state index in [1.54, 1.807) is 0 Å². The number of carboxylic acids is 1. The number of unbranched alkanes of at least 4 members (excludes halogenated alkanes) is 9. The molecule has 0 unspecified atom stereocenters. The maximum atomic E-state index is 10.2. The number of rotatable bonds is 43. The minimum absolute atomic E-state index is 0. The first-order valence-electron chi connectivity index (χ1n) is 17.8. The van der Waals surface area contributed by atoms with Crippen molar-refractivity contribution in [2.75, 3.05) is 145 Å². The normalized spacial score (nSPS) is 11.3. The van der Waals surface area contributed by atoms with Crippen molar-refractivity contribution in [3.63, 3.8) is 0 Å². The Morgan fingerprint density at radius 2 is 0.542 bits per heavy atom. The number of hydrogen-bond acceptors (Lipinski definition) is 13. The first-order valence-corrected chi connectivity index (χ1v) is 17.8. The summed E-state index contributed by atoms with van der Waals surface area (Å²) in [6.07, 6.45) is 13.4. The van der Waals surface area contributed by atoms with Gasteiger partial charge < -0.3 is 62.0 Å². The summed E-state index contributed by atoms with van der Waals surface area (Å²) in [6, 6.07) is 0. The van der Waals surface area contributed by atoms with Gasteiger partial charge in [-0.2, -0.15) is 0 Å². The molecule has 48 heavy (non-hydrogen) atoms. The van der Waals surface area contributed by atoms with Gasteiger partial charge in [-0.15, -0.1) is 0 Å². The fourth-order valence-corrected chi connectivity index (χ4v) is 4.05. The van der Waals surface area contributed by atoms with Crippen LogP contribution in [0, 0.1) is 0 Å². The summed E-state index contributed by atoms with van der Waals surface area (Å²) in [6.45, 7) is 12.3. The minimum Gasteiger partial charge on any atom is -0.548 e. The molecule has 0 aliphatic carbocycles.